The Labute approximate surface area is 194 Å². The van der Waals surface area contributed by atoms with Gasteiger partial charge in [0.2, 0.25) is 5.91 Å². The molecule has 0 radical (unpaired) electrons. The van der Waals surface area contributed by atoms with Crippen LogP contribution >= 0.6 is 0 Å². The second kappa shape index (κ2) is 9.25. The number of aliphatic carboxylic acids is 1. The van der Waals surface area contributed by atoms with Crippen LogP contribution in [0.2, 0.25) is 0 Å². The first-order valence-electron chi connectivity index (χ1n) is 11.0. The Morgan fingerprint density at radius 1 is 0.939 bits per heavy atom. The SMILES string of the molecule is CC(C)(CC(=O)N(CC(=O)O)C(C)(C)C)NC(=O)OCC1c2ccccc2-c2ccccc21. The number of nitrogens with one attached hydrogen (secondary N) is 1. The van der Waals surface area contributed by atoms with Gasteiger partial charge in [-0.2, -0.15) is 0 Å². The van der Waals surface area contributed by atoms with Gasteiger partial charge in [0.15, 0.2) is 0 Å². The molecule has 3 rings (SSSR count). The molecule has 0 aromatic heterocycles. The zero-order valence-corrected chi connectivity index (χ0v) is 19.8. The molecule has 2 aromatic rings. The summed E-state index contributed by atoms with van der Waals surface area (Å²) >= 11 is 0. The second-order valence-electron chi connectivity index (χ2n) is 10.1. The number of alkyl carbamates (subject to hydrolysis) is 1. The van der Waals surface area contributed by atoms with Crippen molar-refractivity contribution < 1.29 is 24.2 Å². The molecule has 0 bridgehead atoms. The first-order valence-corrected chi connectivity index (χ1v) is 11.0. The molecule has 7 heteroatoms. The van der Waals surface area contributed by atoms with Gasteiger partial charge in [0.05, 0.1) is 0 Å². The molecule has 0 saturated heterocycles. The Morgan fingerprint density at radius 3 is 1.94 bits per heavy atom. The molecule has 7 nitrogen and oxygen atoms in total. The molecule has 33 heavy (non-hydrogen) atoms. The molecule has 1 aliphatic carbocycles. The van der Waals surface area contributed by atoms with E-state index in [0.29, 0.717) is 0 Å². The Hall–Kier alpha value is -3.35. The van der Waals surface area contributed by atoms with Gasteiger partial charge in [-0.3, -0.25) is 9.59 Å². The highest BCUT2D eigenvalue weighted by Gasteiger charge is 2.34. The summed E-state index contributed by atoms with van der Waals surface area (Å²) in [5.41, 5.74) is 2.96. The average Bonchev–Trinajstić information content (AvgIpc) is 3.02. The maximum Gasteiger partial charge on any atom is 0.407 e. The molecule has 0 atom stereocenters. The molecule has 0 saturated carbocycles. The summed E-state index contributed by atoms with van der Waals surface area (Å²) in [4.78, 5) is 38.0. The molecular weight excluding hydrogens is 420 g/mol. The van der Waals surface area contributed by atoms with Crippen molar-refractivity contribution in [1.29, 1.82) is 0 Å². The maximum atomic E-state index is 12.8. The summed E-state index contributed by atoms with van der Waals surface area (Å²) < 4.78 is 5.58. The van der Waals surface area contributed by atoms with Crippen molar-refractivity contribution in [3.63, 3.8) is 0 Å². The topological polar surface area (TPSA) is 95.9 Å². The van der Waals surface area contributed by atoms with Gasteiger partial charge < -0.3 is 20.1 Å². The van der Waals surface area contributed by atoms with Gasteiger partial charge in [-0.15, -0.1) is 0 Å². The van der Waals surface area contributed by atoms with E-state index in [2.05, 4.69) is 17.4 Å². The highest BCUT2D eigenvalue weighted by Crippen LogP contribution is 2.44. The summed E-state index contributed by atoms with van der Waals surface area (Å²) in [6, 6.07) is 16.2. The predicted octanol–water partition coefficient (Wildman–Crippen LogP) is 4.41. The van der Waals surface area contributed by atoms with Crippen LogP contribution in [0.15, 0.2) is 48.5 Å². The minimum absolute atomic E-state index is 0.0538. The molecule has 2 amide bonds. The third-order valence-corrected chi connectivity index (χ3v) is 5.78. The molecule has 0 aliphatic heterocycles. The number of nitrogens with zero attached hydrogens (tertiary/aromatic N) is 1. The fraction of sp³-hybridized carbons (Fsp3) is 0.423. The summed E-state index contributed by atoms with van der Waals surface area (Å²) in [5, 5.41) is 11.9. The molecule has 0 unspecified atom stereocenters. The van der Waals surface area contributed by atoms with Crippen LogP contribution < -0.4 is 5.32 Å². The van der Waals surface area contributed by atoms with Crippen molar-refractivity contribution in [2.75, 3.05) is 13.2 Å². The van der Waals surface area contributed by atoms with Crippen LogP contribution in [0.4, 0.5) is 4.79 Å². The number of carbonyl (C=O) groups excluding carboxylic acids is 2. The van der Waals surface area contributed by atoms with Crippen molar-refractivity contribution in [1.82, 2.24) is 10.2 Å². The van der Waals surface area contributed by atoms with E-state index in [1.807, 2.05) is 36.4 Å². The normalized spacial score (nSPS) is 13.1. The summed E-state index contributed by atoms with van der Waals surface area (Å²) in [7, 11) is 0. The second-order valence-corrected chi connectivity index (χ2v) is 10.1. The number of benzene rings is 2. The highest BCUT2D eigenvalue weighted by atomic mass is 16.5. The van der Waals surface area contributed by atoms with E-state index in [-0.39, 0.29) is 24.9 Å². The summed E-state index contributed by atoms with van der Waals surface area (Å²) in [5.74, 6) is -1.49. The Morgan fingerprint density at radius 2 is 1.45 bits per heavy atom. The number of fused-ring (bicyclic) bond motifs is 3. The lowest BCUT2D eigenvalue weighted by atomic mass is 9.97. The van der Waals surface area contributed by atoms with E-state index >= 15 is 0 Å². The van der Waals surface area contributed by atoms with Crippen LogP contribution in [0.25, 0.3) is 11.1 Å². The standard InChI is InChI=1S/C26H32N2O5/c1-25(2,3)28(15-23(30)31)22(29)14-26(4,5)27-24(32)33-16-21-19-12-8-6-10-17(19)18-11-7-9-13-20(18)21/h6-13,21H,14-16H2,1-5H3,(H,27,32)(H,30,31). The molecule has 0 fully saturated rings. The monoisotopic (exact) mass is 452 g/mol. The van der Waals surface area contributed by atoms with Gasteiger partial charge in [-0.05, 0) is 56.9 Å². The zero-order valence-electron chi connectivity index (χ0n) is 19.8. The molecular formula is C26H32N2O5. The Kier molecular flexibility index (Phi) is 6.81. The van der Waals surface area contributed by atoms with E-state index in [1.165, 1.54) is 4.90 Å². The maximum absolute atomic E-state index is 12.8. The van der Waals surface area contributed by atoms with Crippen LogP contribution in [0.3, 0.4) is 0 Å². The summed E-state index contributed by atoms with van der Waals surface area (Å²) in [6.07, 6.45) is -0.669. The van der Waals surface area contributed by atoms with Gasteiger partial charge >= 0.3 is 12.1 Å². The minimum Gasteiger partial charge on any atom is -0.480 e. The van der Waals surface area contributed by atoms with E-state index in [0.717, 1.165) is 22.3 Å². The van der Waals surface area contributed by atoms with Crippen molar-refractivity contribution in [3.05, 3.63) is 59.7 Å². The first-order chi connectivity index (χ1) is 15.4. The van der Waals surface area contributed by atoms with Crippen LogP contribution in [0, 0.1) is 0 Å². The number of carbonyl (C=O) groups is 3. The molecule has 0 heterocycles. The largest absolute Gasteiger partial charge is 0.480 e. The lowest BCUT2D eigenvalue weighted by Gasteiger charge is -2.37. The van der Waals surface area contributed by atoms with Gasteiger partial charge in [-0.25, -0.2) is 4.79 Å². The van der Waals surface area contributed by atoms with Gasteiger partial charge in [-0.1, -0.05) is 48.5 Å². The fourth-order valence-corrected chi connectivity index (χ4v) is 4.26. The lowest BCUT2D eigenvalue weighted by molar-refractivity contribution is -0.148. The van der Waals surface area contributed by atoms with Crippen LogP contribution in [-0.2, 0) is 14.3 Å². The Bertz CT molecular complexity index is 1010. The van der Waals surface area contributed by atoms with Crippen molar-refractivity contribution in [3.8, 4) is 11.1 Å². The van der Waals surface area contributed by atoms with E-state index in [4.69, 9.17) is 9.84 Å². The van der Waals surface area contributed by atoms with E-state index in [9.17, 15) is 14.4 Å². The predicted molar refractivity (Wildman–Crippen MR) is 126 cm³/mol. The van der Waals surface area contributed by atoms with Crippen LogP contribution in [0.5, 0.6) is 0 Å². The number of ether oxygens (including phenoxy) is 1. The van der Waals surface area contributed by atoms with Crippen molar-refractivity contribution in [2.45, 2.75) is 58.0 Å². The summed E-state index contributed by atoms with van der Waals surface area (Å²) in [6.45, 7) is 8.54. The van der Waals surface area contributed by atoms with Gasteiger partial charge in [0.25, 0.3) is 0 Å². The molecule has 1 aliphatic rings. The van der Waals surface area contributed by atoms with Gasteiger partial charge in [0, 0.05) is 23.4 Å². The molecule has 0 spiro atoms. The average molecular weight is 453 g/mol. The van der Waals surface area contributed by atoms with E-state index < -0.39 is 29.7 Å². The van der Waals surface area contributed by atoms with Crippen molar-refractivity contribution >= 4 is 18.0 Å². The number of rotatable bonds is 7. The van der Waals surface area contributed by atoms with Gasteiger partial charge in [0.1, 0.15) is 13.2 Å². The Balaban J connectivity index is 1.64. The number of carboxylic acid groups (broad SMARTS) is 1. The van der Waals surface area contributed by atoms with Crippen molar-refractivity contribution in [2.24, 2.45) is 0 Å². The third-order valence-electron chi connectivity index (χ3n) is 5.78. The smallest absolute Gasteiger partial charge is 0.407 e. The molecule has 2 N–H and O–H groups in total. The van der Waals surface area contributed by atoms with Crippen LogP contribution in [0.1, 0.15) is 58.1 Å². The minimum atomic E-state index is -1.08. The van der Waals surface area contributed by atoms with E-state index in [1.54, 1.807) is 34.6 Å². The third kappa shape index (κ3) is 5.72. The molecule has 2 aromatic carbocycles. The number of hydrogen-bond donors (Lipinski definition) is 2. The quantitative estimate of drug-likeness (QED) is 0.649. The number of hydrogen-bond acceptors (Lipinski definition) is 4. The fourth-order valence-electron chi connectivity index (χ4n) is 4.26. The lowest BCUT2D eigenvalue weighted by Crippen LogP contribution is -2.53. The first kappa shape index (κ1) is 24.3. The zero-order chi connectivity index (χ0) is 24.4. The number of carboxylic acids is 1. The molecule has 176 valence electrons. The van der Waals surface area contributed by atoms with Crippen LogP contribution in [-0.4, -0.2) is 52.2 Å². The number of amides is 2. The highest BCUT2D eigenvalue weighted by molar-refractivity contribution is 5.83.